The van der Waals surface area contributed by atoms with Crippen LogP contribution < -0.4 is 10.6 Å². The van der Waals surface area contributed by atoms with E-state index in [1.807, 2.05) is 0 Å². The summed E-state index contributed by atoms with van der Waals surface area (Å²) in [6.07, 6.45) is -0.790. The van der Waals surface area contributed by atoms with E-state index in [9.17, 15) is 22.8 Å². The second kappa shape index (κ2) is 8.97. The molecule has 2 aromatic rings. The lowest BCUT2D eigenvalue weighted by atomic mass is 9.89. The van der Waals surface area contributed by atoms with Crippen LogP contribution in [0.5, 0.6) is 0 Å². The van der Waals surface area contributed by atoms with Crippen molar-refractivity contribution < 1.29 is 27.5 Å². The average molecular weight is 453 g/mol. The summed E-state index contributed by atoms with van der Waals surface area (Å²) >= 11 is 0. The standard InChI is InChI=1S/C21H26F3N5O3/c1-28-18-7-2-13(21(22,23)24)8-17(18)20(27-28)25-9-19(31)26-14-10-29(11-14)15-3-5-16(6-4-15)32-12-30/h2,7-8,12,14-16H,3-6,9-11H2,1H3,(H,25,27)(H,26,31). The van der Waals surface area contributed by atoms with Crippen molar-refractivity contribution in [2.24, 2.45) is 7.05 Å². The van der Waals surface area contributed by atoms with Crippen molar-refractivity contribution in [2.45, 2.75) is 50.0 Å². The number of carbonyl (C=O) groups excluding carboxylic acids is 2. The van der Waals surface area contributed by atoms with E-state index in [0.717, 1.165) is 50.9 Å². The maximum atomic E-state index is 13.0. The van der Waals surface area contributed by atoms with Crippen LogP contribution in [0.4, 0.5) is 19.0 Å². The number of benzene rings is 1. The third-order valence-corrected chi connectivity index (χ3v) is 6.28. The van der Waals surface area contributed by atoms with Crippen molar-refractivity contribution in [3.05, 3.63) is 23.8 Å². The molecule has 1 saturated heterocycles. The molecular formula is C21H26F3N5O3. The maximum absolute atomic E-state index is 13.0. The zero-order valence-corrected chi connectivity index (χ0v) is 17.7. The summed E-state index contributed by atoms with van der Waals surface area (Å²) in [7, 11) is 1.64. The van der Waals surface area contributed by atoms with Gasteiger partial charge in [-0.25, -0.2) is 0 Å². The first-order chi connectivity index (χ1) is 15.2. The van der Waals surface area contributed by atoms with Gasteiger partial charge in [-0.2, -0.15) is 18.3 Å². The summed E-state index contributed by atoms with van der Waals surface area (Å²) in [5.41, 5.74) is -0.212. The number of nitrogens with one attached hydrogen (secondary N) is 2. The fourth-order valence-electron chi connectivity index (χ4n) is 4.54. The molecule has 2 heterocycles. The number of hydrogen-bond donors (Lipinski definition) is 2. The molecule has 1 aliphatic carbocycles. The summed E-state index contributed by atoms with van der Waals surface area (Å²) in [6, 6.07) is 3.92. The van der Waals surface area contributed by atoms with Gasteiger partial charge in [-0.05, 0) is 43.9 Å². The molecule has 1 amide bonds. The number of amides is 1. The molecule has 4 rings (SSSR count). The molecule has 0 unspecified atom stereocenters. The molecule has 2 N–H and O–H groups in total. The van der Waals surface area contributed by atoms with E-state index < -0.39 is 11.7 Å². The number of rotatable bonds is 7. The van der Waals surface area contributed by atoms with Crippen LogP contribution in [-0.4, -0.2) is 64.9 Å². The van der Waals surface area contributed by atoms with Crippen molar-refractivity contribution in [3.8, 4) is 0 Å². The van der Waals surface area contributed by atoms with Crippen LogP contribution in [0, 0.1) is 0 Å². The number of anilines is 1. The lowest BCUT2D eigenvalue weighted by Crippen LogP contribution is -2.63. The first-order valence-electron chi connectivity index (χ1n) is 10.6. The van der Waals surface area contributed by atoms with E-state index >= 15 is 0 Å². The lowest BCUT2D eigenvalue weighted by Gasteiger charge is -2.46. The third-order valence-electron chi connectivity index (χ3n) is 6.28. The number of halogens is 3. The number of likely N-dealkylation sites (tertiary alicyclic amines) is 1. The van der Waals surface area contributed by atoms with Gasteiger partial charge in [0.2, 0.25) is 5.91 Å². The van der Waals surface area contributed by atoms with Crippen LogP contribution in [0.1, 0.15) is 31.2 Å². The van der Waals surface area contributed by atoms with Crippen LogP contribution in [-0.2, 0) is 27.5 Å². The molecule has 32 heavy (non-hydrogen) atoms. The van der Waals surface area contributed by atoms with E-state index in [2.05, 4.69) is 20.6 Å². The van der Waals surface area contributed by atoms with Crippen molar-refractivity contribution in [3.63, 3.8) is 0 Å². The van der Waals surface area contributed by atoms with Crippen molar-refractivity contribution >= 4 is 29.1 Å². The van der Waals surface area contributed by atoms with Gasteiger partial charge in [-0.15, -0.1) is 0 Å². The molecule has 0 spiro atoms. The number of fused-ring (bicyclic) bond motifs is 1. The molecule has 2 aliphatic rings. The number of carbonyl (C=O) groups is 2. The number of nitrogens with zero attached hydrogens (tertiary/aromatic N) is 3. The Balaban J connectivity index is 1.26. The van der Waals surface area contributed by atoms with E-state index in [0.29, 0.717) is 23.4 Å². The minimum Gasteiger partial charge on any atom is -0.465 e. The van der Waals surface area contributed by atoms with Crippen molar-refractivity contribution in [2.75, 3.05) is 25.0 Å². The second-order valence-corrected chi connectivity index (χ2v) is 8.44. The quantitative estimate of drug-likeness (QED) is 0.626. The van der Waals surface area contributed by atoms with Crippen LogP contribution in [0.25, 0.3) is 10.9 Å². The van der Waals surface area contributed by atoms with E-state index in [4.69, 9.17) is 4.74 Å². The molecule has 11 heteroatoms. The number of alkyl halides is 3. The SMILES string of the molecule is Cn1nc(NCC(=O)NC2CN(C3CCC(OC=O)CC3)C2)c2cc(C(F)(F)F)ccc21. The zero-order chi connectivity index (χ0) is 22.9. The predicted molar refractivity (Wildman–Crippen MR) is 111 cm³/mol. The highest BCUT2D eigenvalue weighted by Crippen LogP contribution is 2.33. The Kier molecular flexibility index (Phi) is 6.27. The van der Waals surface area contributed by atoms with E-state index in [1.54, 1.807) is 7.05 Å². The smallest absolute Gasteiger partial charge is 0.416 e. The van der Waals surface area contributed by atoms with Crippen LogP contribution in [0.3, 0.4) is 0 Å². The highest BCUT2D eigenvalue weighted by Gasteiger charge is 2.35. The molecule has 1 aromatic heterocycles. The first-order valence-corrected chi connectivity index (χ1v) is 10.6. The molecule has 1 aromatic carbocycles. The summed E-state index contributed by atoms with van der Waals surface area (Å²) in [5, 5.41) is 10.3. The van der Waals surface area contributed by atoms with E-state index in [-0.39, 0.29) is 30.4 Å². The largest absolute Gasteiger partial charge is 0.465 e. The Morgan fingerprint density at radius 3 is 2.62 bits per heavy atom. The first kappa shape index (κ1) is 22.4. The third kappa shape index (κ3) is 4.82. The van der Waals surface area contributed by atoms with Gasteiger partial charge in [0, 0.05) is 31.6 Å². The Labute approximate surface area is 183 Å². The van der Waals surface area contributed by atoms with E-state index in [1.165, 1.54) is 10.7 Å². The van der Waals surface area contributed by atoms with Gasteiger partial charge in [0.25, 0.3) is 6.47 Å². The van der Waals surface area contributed by atoms with Crippen LogP contribution >= 0.6 is 0 Å². The number of aromatic nitrogens is 2. The minimum atomic E-state index is -4.45. The summed E-state index contributed by atoms with van der Waals surface area (Å²) in [5.74, 6) is 0.0109. The second-order valence-electron chi connectivity index (χ2n) is 8.44. The lowest BCUT2D eigenvalue weighted by molar-refractivity contribution is -0.137. The number of aryl methyl sites for hydroxylation is 1. The molecule has 8 nitrogen and oxygen atoms in total. The predicted octanol–water partition coefficient (Wildman–Crippen LogP) is 2.29. The molecule has 1 aliphatic heterocycles. The molecule has 174 valence electrons. The average Bonchev–Trinajstić information content (AvgIpc) is 3.04. The maximum Gasteiger partial charge on any atom is 0.416 e. The van der Waals surface area contributed by atoms with Gasteiger partial charge in [0.15, 0.2) is 5.82 Å². The highest BCUT2D eigenvalue weighted by molar-refractivity contribution is 5.92. The van der Waals surface area contributed by atoms with Crippen LogP contribution in [0.2, 0.25) is 0 Å². The Morgan fingerprint density at radius 1 is 1.25 bits per heavy atom. The summed E-state index contributed by atoms with van der Waals surface area (Å²) < 4.78 is 45.6. The monoisotopic (exact) mass is 453 g/mol. The molecule has 0 bridgehead atoms. The van der Waals surface area contributed by atoms with Gasteiger partial charge in [-0.1, -0.05) is 0 Å². The highest BCUT2D eigenvalue weighted by atomic mass is 19.4. The van der Waals surface area contributed by atoms with Gasteiger partial charge in [0.1, 0.15) is 6.10 Å². The Bertz CT molecular complexity index is 979. The van der Waals surface area contributed by atoms with Gasteiger partial charge >= 0.3 is 6.18 Å². The van der Waals surface area contributed by atoms with Gasteiger partial charge in [-0.3, -0.25) is 19.2 Å². The topological polar surface area (TPSA) is 88.5 Å². The molecule has 0 radical (unpaired) electrons. The van der Waals surface area contributed by atoms with Crippen molar-refractivity contribution in [1.29, 1.82) is 0 Å². The zero-order valence-electron chi connectivity index (χ0n) is 17.7. The van der Waals surface area contributed by atoms with Crippen molar-refractivity contribution in [1.82, 2.24) is 20.0 Å². The molecule has 2 fully saturated rings. The fourth-order valence-corrected chi connectivity index (χ4v) is 4.54. The number of ether oxygens (including phenoxy) is 1. The Hall–Kier alpha value is -2.82. The van der Waals surface area contributed by atoms with Gasteiger partial charge in [0.05, 0.1) is 23.7 Å². The van der Waals surface area contributed by atoms with Gasteiger partial charge < -0.3 is 15.4 Å². The molecular weight excluding hydrogens is 427 g/mol. The minimum absolute atomic E-state index is 0.0153. The Morgan fingerprint density at radius 2 is 1.97 bits per heavy atom. The fraction of sp³-hybridized carbons (Fsp3) is 0.571. The normalized spacial score (nSPS) is 22.4. The molecule has 1 saturated carbocycles. The summed E-state index contributed by atoms with van der Waals surface area (Å²) in [6.45, 7) is 1.96. The summed E-state index contributed by atoms with van der Waals surface area (Å²) in [4.78, 5) is 25.1. The number of hydrogen-bond acceptors (Lipinski definition) is 6. The van der Waals surface area contributed by atoms with Crippen LogP contribution in [0.15, 0.2) is 18.2 Å². The molecule has 0 atom stereocenters.